The third kappa shape index (κ3) is 2.84. The van der Waals surface area contributed by atoms with E-state index in [4.69, 9.17) is 29.1 Å². The lowest BCUT2D eigenvalue weighted by molar-refractivity contribution is -0.289. The maximum absolute atomic E-state index is 10.5. The number of ether oxygens (including phenoxy) is 5. The van der Waals surface area contributed by atoms with Gasteiger partial charge in [-0.3, -0.25) is 5.41 Å². The third-order valence-corrected chi connectivity index (χ3v) is 7.14. The molecule has 9 heteroatoms. The molecular formula is C26H24N4O5. The van der Waals surface area contributed by atoms with Gasteiger partial charge in [0.2, 0.25) is 17.1 Å². The second-order valence-electron chi connectivity index (χ2n) is 8.58. The molecule has 1 N–H and O–H groups in total. The summed E-state index contributed by atoms with van der Waals surface area (Å²) in [6.07, 6.45) is -1.38. The molecule has 4 unspecified atom stereocenters. The van der Waals surface area contributed by atoms with Gasteiger partial charge in [-0.2, -0.15) is 15.8 Å². The summed E-state index contributed by atoms with van der Waals surface area (Å²) in [6.45, 7) is 3.59. The van der Waals surface area contributed by atoms with Crippen LogP contribution >= 0.6 is 0 Å². The van der Waals surface area contributed by atoms with E-state index in [0.717, 1.165) is 5.56 Å². The molecule has 2 aromatic rings. The van der Waals surface area contributed by atoms with E-state index >= 15 is 0 Å². The first kappa shape index (κ1) is 23.9. The summed E-state index contributed by atoms with van der Waals surface area (Å²) in [4.78, 5) is 0. The first-order valence-corrected chi connectivity index (χ1v) is 10.8. The molecule has 2 heterocycles. The molecule has 2 bridgehead atoms. The third-order valence-electron chi connectivity index (χ3n) is 7.14. The van der Waals surface area contributed by atoms with Gasteiger partial charge in [-0.25, -0.2) is 0 Å². The van der Waals surface area contributed by atoms with Gasteiger partial charge in [0.15, 0.2) is 5.41 Å². The molecule has 2 aliphatic heterocycles. The van der Waals surface area contributed by atoms with E-state index in [0.29, 0.717) is 11.3 Å². The van der Waals surface area contributed by atoms with Crippen molar-refractivity contribution in [2.45, 2.75) is 25.7 Å². The number of aryl methyl sites for hydroxylation is 1. The Kier molecular flexibility index (Phi) is 5.59. The highest BCUT2D eigenvalue weighted by molar-refractivity contribution is 5.89. The molecule has 2 aliphatic rings. The molecule has 4 atom stereocenters. The molecule has 2 saturated heterocycles. The van der Waals surface area contributed by atoms with Gasteiger partial charge in [0, 0.05) is 17.7 Å². The number of nitrogens with one attached hydrogen (secondary N) is 1. The molecule has 4 rings (SSSR count). The normalized spacial score (nSPS) is 28.1. The molecule has 0 aliphatic carbocycles. The van der Waals surface area contributed by atoms with Gasteiger partial charge >= 0.3 is 0 Å². The molecule has 35 heavy (non-hydrogen) atoms. The predicted molar refractivity (Wildman–Crippen MR) is 122 cm³/mol. The van der Waals surface area contributed by atoms with Crippen molar-refractivity contribution in [2.75, 3.05) is 21.3 Å². The molecule has 2 aromatic carbocycles. The van der Waals surface area contributed by atoms with E-state index in [9.17, 15) is 15.8 Å². The summed E-state index contributed by atoms with van der Waals surface area (Å²) < 4.78 is 29.1. The van der Waals surface area contributed by atoms with E-state index < -0.39 is 34.5 Å². The maximum Gasteiger partial charge on any atom is 0.244 e. The summed E-state index contributed by atoms with van der Waals surface area (Å²) in [5.74, 6) is -2.10. The van der Waals surface area contributed by atoms with Crippen LogP contribution in [0.2, 0.25) is 0 Å². The topological polar surface area (TPSA) is 141 Å². The average Bonchev–Trinajstić information content (AvgIpc) is 3.04. The van der Waals surface area contributed by atoms with Crippen LogP contribution in [-0.2, 0) is 15.3 Å². The Morgan fingerprint density at radius 2 is 1.49 bits per heavy atom. The molecule has 0 spiro atoms. The molecule has 9 nitrogen and oxygen atoms in total. The number of nitrogens with zero attached hydrogens (tertiary/aromatic N) is 3. The zero-order valence-corrected chi connectivity index (χ0v) is 20.0. The van der Waals surface area contributed by atoms with Crippen LogP contribution in [-0.4, -0.2) is 27.2 Å². The lowest BCUT2D eigenvalue weighted by Gasteiger charge is -2.49. The second kappa shape index (κ2) is 8.20. The van der Waals surface area contributed by atoms with Crippen molar-refractivity contribution in [1.29, 1.82) is 21.2 Å². The molecule has 0 aromatic heterocycles. The van der Waals surface area contributed by atoms with Crippen LogP contribution in [0, 0.1) is 63.1 Å². The number of hydrogen-bond donors (Lipinski definition) is 1. The number of methoxy groups -OCH3 is 3. The molecule has 2 fully saturated rings. The Morgan fingerprint density at radius 3 is 1.94 bits per heavy atom. The molecule has 0 saturated carbocycles. The van der Waals surface area contributed by atoms with Crippen molar-refractivity contribution >= 4 is 5.90 Å². The van der Waals surface area contributed by atoms with E-state index in [1.807, 2.05) is 31.2 Å². The average molecular weight is 473 g/mol. The predicted octanol–water partition coefficient (Wildman–Crippen LogP) is 4.13. The molecule has 0 amide bonds. The van der Waals surface area contributed by atoms with Crippen molar-refractivity contribution in [1.82, 2.24) is 0 Å². The Labute approximate surface area is 203 Å². The zero-order chi connectivity index (χ0) is 25.6. The SMILES string of the molecule is COc1cc(OC)c(C2OC3(c4ccc(C)cc4)OC(=N)C(C#N)(C3C)C2(C#N)C#N)c(OC)c1. The largest absolute Gasteiger partial charge is 0.496 e. The van der Waals surface area contributed by atoms with Gasteiger partial charge in [-0.15, -0.1) is 0 Å². The van der Waals surface area contributed by atoms with E-state index in [2.05, 4.69) is 6.07 Å². The number of nitriles is 3. The Morgan fingerprint density at radius 1 is 0.914 bits per heavy atom. The highest BCUT2D eigenvalue weighted by Gasteiger charge is 2.80. The van der Waals surface area contributed by atoms with Crippen molar-refractivity contribution in [2.24, 2.45) is 16.7 Å². The number of hydrogen-bond acceptors (Lipinski definition) is 9. The maximum atomic E-state index is 10.5. The zero-order valence-electron chi connectivity index (χ0n) is 20.0. The highest BCUT2D eigenvalue weighted by atomic mass is 16.7. The molecule has 0 radical (unpaired) electrons. The number of benzene rings is 2. The number of rotatable bonds is 5. The summed E-state index contributed by atoms with van der Waals surface area (Å²) in [5, 5.41) is 40.2. The minimum absolute atomic E-state index is 0.230. The quantitative estimate of drug-likeness (QED) is 0.684. The van der Waals surface area contributed by atoms with Crippen molar-refractivity contribution in [3.8, 4) is 35.5 Å². The lowest BCUT2D eigenvalue weighted by Crippen LogP contribution is -2.57. The van der Waals surface area contributed by atoms with E-state index in [1.54, 1.807) is 31.2 Å². The minimum atomic E-state index is -2.17. The van der Waals surface area contributed by atoms with Crippen LogP contribution < -0.4 is 14.2 Å². The van der Waals surface area contributed by atoms with E-state index in [-0.39, 0.29) is 17.1 Å². The Bertz CT molecular complexity index is 1280. The van der Waals surface area contributed by atoms with Gasteiger partial charge in [0.1, 0.15) is 23.4 Å². The van der Waals surface area contributed by atoms with Crippen LogP contribution in [0.3, 0.4) is 0 Å². The first-order valence-electron chi connectivity index (χ1n) is 10.8. The van der Waals surface area contributed by atoms with Crippen molar-refractivity contribution < 1.29 is 23.7 Å². The van der Waals surface area contributed by atoms with Crippen LogP contribution in [0.4, 0.5) is 0 Å². The summed E-state index contributed by atoms with van der Waals surface area (Å²) >= 11 is 0. The summed E-state index contributed by atoms with van der Waals surface area (Å²) in [5.41, 5.74) is -2.33. The van der Waals surface area contributed by atoms with Gasteiger partial charge in [0.25, 0.3) is 0 Å². The van der Waals surface area contributed by atoms with Gasteiger partial charge in [-0.05, 0) is 6.92 Å². The number of fused-ring (bicyclic) bond motifs is 2. The monoisotopic (exact) mass is 472 g/mol. The summed E-state index contributed by atoms with van der Waals surface area (Å²) in [6, 6.07) is 16.6. The van der Waals surface area contributed by atoms with E-state index in [1.165, 1.54) is 21.3 Å². The van der Waals surface area contributed by atoms with Crippen LogP contribution in [0.1, 0.15) is 29.7 Å². The standard InChI is InChI=1S/C26H24N4O5/c1-15-6-8-17(9-7-15)26-16(2)25(14-29,23(30)35-26)24(12-27,13-28)22(34-26)21-19(32-4)10-18(31-3)11-20(21)33-5/h6-11,16,22,30H,1-5H3. The Hall–Kier alpha value is -4.26. The molecule has 178 valence electrons. The van der Waals surface area contributed by atoms with Gasteiger partial charge < -0.3 is 23.7 Å². The first-order chi connectivity index (χ1) is 16.7. The van der Waals surface area contributed by atoms with Crippen LogP contribution in [0.15, 0.2) is 36.4 Å². The Balaban J connectivity index is 2.10. The van der Waals surface area contributed by atoms with Crippen LogP contribution in [0.5, 0.6) is 17.2 Å². The van der Waals surface area contributed by atoms with Crippen molar-refractivity contribution in [3.05, 3.63) is 53.1 Å². The smallest absolute Gasteiger partial charge is 0.244 e. The second-order valence-corrected chi connectivity index (χ2v) is 8.58. The fraction of sp³-hybridized carbons (Fsp3) is 0.385. The van der Waals surface area contributed by atoms with Crippen molar-refractivity contribution in [3.63, 3.8) is 0 Å². The highest BCUT2D eigenvalue weighted by Crippen LogP contribution is 2.70. The molecular weight excluding hydrogens is 448 g/mol. The fourth-order valence-corrected chi connectivity index (χ4v) is 5.20. The van der Waals surface area contributed by atoms with Gasteiger partial charge in [-0.1, -0.05) is 36.8 Å². The lowest BCUT2D eigenvalue weighted by atomic mass is 9.53. The minimum Gasteiger partial charge on any atom is -0.496 e. The fourth-order valence-electron chi connectivity index (χ4n) is 5.20. The summed E-state index contributed by atoms with van der Waals surface area (Å²) in [7, 11) is 4.33. The van der Waals surface area contributed by atoms with Gasteiger partial charge in [0.05, 0.1) is 51.0 Å². The van der Waals surface area contributed by atoms with Crippen LogP contribution in [0.25, 0.3) is 0 Å².